The molecule has 0 aliphatic carbocycles. The maximum Gasteiger partial charge on any atom is 0.261 e. The quantitative estimate of drug-likeness (QED) is 0.496. The second kappa shape index (κ2) is 8.03. The summed E-state index contributed by atoms with van der Waals surface area (Å²) in [5, 5.41) is 11.6. The Hall–Kier alpha value is -1.16. The average Bonchev–Trinajstić information content (AvgIpc) is 2.77. The molecule has 0 fully saturated rings. The van der Waals surface area contributed by atoms with Crippen molar-refractivity contribution in [2.24, 2.45) is 0 Å². The van der Waals surface area contributed by atoms with Crippen molar-refractivity contribution in [1.82, 2.24) is 5.32 Å². The number of nitrogens with zero attached hydrogens (tertiary/aromatic N) is 1. The molecule has 0 radical (unpaired) electrons. The van der Waals surface area contributed by atoms with E-state index in [0.29, 0.717) is 13.2 Å². The van der Waals surface area contributed by atoms with Crippen LogP contribution in [0.1, 0.15) is 11.3 Å². The summed E-state index contributed by atoms with van der Waals surface area (Å²) in [5.74, 6) is -0.349. The summed E-state index contributed by atoms with van der Waals surface area (Å²) >= 11 is 4.80. The van der Waals surface area contributed by atoms with Gasteiger partial charge in [-0.15, -0.1) is 11.3 Å². The molecule has 1 rings (SSSR count). The third-order valence-corrected chi connectivity index (χ3v) is 3.63. The Kier molecular flexibility index (Phi) is 6.65. The number of methoxy groups -OCH3 is 1. The van der Waals surface area contributed by atoms with Crippen molar-refractivity contribution in [2.45, 2.75) is 6.42 Å². The standard InChI is InChI=1S/C12H13BrN2O2S/c1-17-6-2-5-15-12(16)9(8-14)7-10-3-4-11(13)18-10/h3-4,7H,2,5-6H2,1H3,(H,15,16)/b9-7+. The van der Waals surface area contributed by atoms with Gasteiger partial charge < -0.3 is 10.1 Å². The summed E-state index contributed by atoms with van der Waals surface area (Å²) in [6, 6.07) is 5.64. The van der Waals surface area contributed by atoms with E-state index >= 15 is 0 Å². The normalized spacial score (nSPS) is 11.1. The molecular formula is C12H13BrN2O2S. The molecule has 1 heterocycles. The minimum absolute atomic E-state index is 0.113. The molecular weight excluding hydrogens is 316 g/mol. The minimum atomic E-state index is -0.349. The van der Waals surface area contributed by atoms with E-state index in [1.807, 2.05) is 18.2 Å². The maximum absolute atomic E-state index is 11.7. The second-order valence-electron chi connectivity index (χ2n) is 3.41. The largest absolute Gasteiger partial charge is 0.385 e. The van der Waals surface area contributed by atoms with Gasteiger partial charge in [-0.05, 0) is 40.6 Å². The van der Waals surface area contributed by atoms with Gasteiger partial charge in [0, 0.05) is 25.1 Å². The Morgan fingerprint density at radius 2 is 2.44 bits per heavy atom. The Balaban J connectivity index is 2.58. The van der Waals surface area contributed by atoms with Crippen molar-refractivity contribution in [1.29, 1.82) is 5.26 Å². The highest BCUT2D eigenvalue weighted by atomic mass is 79.9. The molecule has 4 nitrogen and oxygen atoms in total. The summed E-state index contributed by atoms with van der Waals surface area (Å²) in [4.78, 5) is 12.6. The molecule has 18 heavy (non-hydrogen) atoms. The van der Waals surface area contributed by atoms with Crippen LogP contribution in [0.25, 0.3) is 6.08 Å². The fourth-order valence-corrected chi connectivity index (χ4v) is 2.58. The number of carbonyl (C=O) groups is 1. The molecule has 1 amide bonds. The number of nitrogens with one attached hydrogen (secondary N) is 1. The molecule has 0 bridgehead atoms. The van der Waals surface area contributed by atoms with Crippen molar-refractivity contribution in [3.05, 3.63) is 26.4 Å². The molecule has 0 saturated heterocycles. The zero-order valence-electron chi connectivity index (χ0n) is 9.90. The fourth-order valence-electron chi connectivity index (χ4n) is 1.21. The van der Waals surface area contributed by atoms with Gasteiger partial charge in [0.25, 0.3) is 5.91 Å². The van der Waals surface area contributed by atoms with Crippen LogP contribution in [0.15, 0.2) is 21.5 Å². The lowest BCUT2D eigenvalue weighted by atomic mass is 10.2. The molecule has 0 spiro atoms. The highest BCUT2D eigenvalue weighted by Gasteiger charge is 2.08. The third-order valence-electron chi connectivity index (χ3n) is 2.06. The van der Waals surface area contributed by atoms with Crippen molar-refractivity contribution >= 4 is 39.2 Å². The number of carbonyl (C=O) groups excluding carboxylic acids is 1. The van der Waals surface area contributed by atoms with E-state index < -0.39 is 0 Å². The van der Waals surface area contributed by atoms with E-state index in [1.54, 1.807) is 13.2 Å². The number of hydrogen-bond acceptors (Lipinski definition) is 4. The molecule has 1 N–H and O–H groups in total. The zero-order chi connectivity index (χ0) is 13.4. The number of nitriles is 1. The van der Waals surface area contributed by atoms with E-state index in [4.69, 9.17) is 10.00 Å². The topological polar surface area (TPSA) is 62.1 Å². The first-order chi connectivity index (χ1) is 8.67. The predicted molar refractivity (Wildman–Crippen MR) is 75.1 cm³/mol. The smallest absolute Gasteiger partial charge is 0.261 e. The van der Waals surface area contributed by atoms with Crippen LogP contribution in [0, 0.1) is 11.3 Å². The lowest BCUT2D eigenvalue weighted by Gasteiger charge is -2.03. The van der Waals surface area contributed by atoms with Gasteiger partial charge in [0.05, 0.1) is 3.79 Å². The first kappa shape index (κ1) is 14.9. The predicted octanol–water partition coefficient (Wildman–Crippen LogP) is 2.57. The number of thiophene rings is 1. The molecule has 0 aliphatic rings. The molecule has 0 atom stereocenters. The van der Waals surface area contributed by atoms with E-state index in [-0.39, 0.29) is 11.5 Å². The van der Waals surface area contributed by atoms with E-state index in [0.717, 1.165) is 15.1 Å². The lowest BCUT2D eigenvalue weighted by molar-refractivity contribution is -0.117. The molecule has 0 unspecified atom stereocenters. The first-order valence-corrected chi connectivity index (χ1v) is 6.92. The number of hydrogen-bond donors (Lipinski definition) is 1. The number of rotatable bonds is 6. The van der Waals surface area contributed by atoms with Crippen LogP contribution < -0.4 is 5.32 Å². The van der Waals surface area contributed by atoms with Crippen LogP contribution in [-0.2, 0) is 9.53 Å². The summed E-state index contributed by atoms with van der Waals surface area (Å²) in [5.41, 5.74) is 0.113. The van der Waals surface area contributed by atoms with Gasteiger partial charge in [-0.3, -0.25) is 4.79 Å². The van der Waals surface area contributed by atoms with Gasteiger partial charge in [-0.2, -0.15) is 5.26 Å². The van der Waals surface area contributed by atoms with Crippen LogP contribution in [0.2, 0.25) is 0 Å². The first-order valence-electron chi connectivity index (χ1n) is 5.31. The molecule has 96 valence electrons. The van der Waals surface area contributed by atoms with Crippen LogP contribution in [0.3, 0.4) is 0 Å². The molecule has 0 aromatic carbocycles. The van der Waals surface area contributed by atoms with Crippen molar-refractivity contribution in [3.63, 3.8) is 0 Å². The number of ether oxygens (including phenoxy) is 1. The molecule has 0 aliphatic heterocycles. The molecule has 0 saturated carbocycles. The van der Waals surface area contributed by atoms with E-state index in [2.05, 4.69) is 21.2 Å². The van der Waals surface area contributed by atoms with Crippen LogP contribution in [0.4, 0.5) is 0 Å². The number of amides is 1. The zero-order valence-corrected chi connectivity index (χ0v) is 12.3. The van der Waals surface area contributed by atoms with Gasteiger partial charge in [-0.1, -0.05) is 0 Å². The maximum atomic E-state index is 11.7. The Morgan fingerprint density at radius 1 is 1.67 bits per heavy atom. The SMILES string of the molecule is COCCCNC(=O)/C(C#N)=C/c1ccc(Br)s1. The average molecular weight is 329 g/mol. The Labute approximate surface area is 118 Å². The molecule has 1 aromatic rings. The summed E-state index contributed by atoms with van der Waals surface area (Å²) in [7, 11) is 1.61. The Morgan fingerprint density at radius 3 is 3.00 bits per heavy atom. The van der Waals surface area contributed by atoms with Gasteiger partial charge >= 0.3 is 0 Å². The fraction of sp³-hybridized carbons (Fsp3) is 0.333. The van der Waals surface area contributed by atoms with Crippen molar-refractivity contribution in [2.75, 3.05) is 20.3 Å². The molecule has 6 heteroatoms. The molecule has 1 aromatic heterocycles. The van der Waals surface area contributed by atoms with Gasteiger partial charge in [-0.25, -0.2) is 0 Å². The van der Waals surface area contributed by atoms with E-state index in [9.17, 15) is 4.79 Å². The van der Waals surface area contributed by atoms with Gasteiger partial charge in [0.15, 0.2) is 0 Å². The lowest BCUT2D eigenvalue weighted by Crippen LogP contribution is -2.26. The Bertz CT molecular complexity index is 477. The second-order valence-corrected chi connectivity index (χ2v) is 5.91. The van der Waals surface area contributed by atoms with Crippen LogP contribution in [0.5, 0.6) is 0 Å². The van der Waals surface area contributed by atoms with Gasteiger partial charge in [0.2, 0.25) is 0 Å². The van der Waals surface area contributed by atoms with Crippen molar-refractivity contribution < 1.29 is 9.53 Å². The minimum Gasteiger partial charge on any atom is -0.385 e. The third kappa shape index (κ3) is 5.00. The van der Waals surface area contributed by atoms with Crippen molar-refractivity contribution in [3.8, 4) is 6.07 Å². The number of halogens is 1. The summed E-state index contributed by atoms with van der Waals surface area (Å²) < 4.78 is 5.84. The monoisotopic (exact) mass is 328 g/mol. The summed E-state index contributed by atoms with van der Waals surface area (Å²) in [6.45, 7) is 1.09. The van der Waals surface area contributed by atoms with Crippen LogP contribution >= 0.6 is 27.3 Å². The van der Waals surface area contributed by atoms with Gasteiger partial charge in [0.1, 0.15) is 11.6 Å². The van der Waals surface area contributed by atoms with E-state index in [1.165, 1.54) is 11.3 Å². The summed E-state index contributed by atoms with van der Waals surface area (Å²) in [6.07, 6.45) is 2.31. The van der Waals surface area contributed by atoms with Crippen LogP contribution in [-0.4, -0.2) is 26.2 Å². The highest BCUT2D eigenvalue weighted by molar-refractivity contribution is 9.11. The highest BCUT2D eigenvalue weighted by Crippen LogP contribution is 2.23.